The van der Waals surface area contributed by atoms with Gasteiger partial charge in [0.05, 0.1) is 17.3 Å². The minimum atomic E-state index is 0.0823. The van der Waals surface area contributed by atoms with Gasteiger partial charge < -0.3 is 15.0 Å². The molecule has 0 bridgehead atoms. The molecule has 1 amide bonds. The quantitative estimate of drug-likeness (QED) is 0.866. The molecule has 1 fully saturated rings. The van der Waals surface area contributed by atoms with Gasteiger partial charge >= 0.3 is 0 Å². The molecule has 20 heavy (non-hydrogen) atoms. The zero-order valence-corrected chi connectivity index (χ0v) is 13.3. The van der Waals surface area contributed by atoms with Crippen LogP contribution in [0.5, 0.6) is 0 Å². The number of hydrogen-bond acceptors (Lipinski definition) is 5. The molecule has 0 saturated carbocycles. The number of methoxy groups -OCH3 is 1. The van der Waals surface area contributed by atoms with Crippen molar-refractivity contribution in [1.82, 2.24) is 15.2 Å². The first-order valence-electron chi connectivity index (χ1n) is 7.07. The summed E-state index contributed by atoms with van der Waals surface area (Å²) < 4.78 is 5.13. The number of thiazole rings is 1. The molecular formula is C14H23N3O2S. The lowest BCUT2D eigenvalue weighted by Crippen LogP contribution is -2.42. The van der Waals surface area contributed by atoms with Crippen LogP contribution in [0.4, 0.5) is 0 Å². The van der Waals surface area contributed by atoms with Crippen molar-refractivity contribution in [1.29, 1.82) is 0 Å². The number of aryl methyl sites for hydroxylation is 2. The second-order valence-electron chi connectivity index (χ2n) is 5.18. The van der Waals surface area contributed by atoms with Gasteiger partial charge in [-0.3, -0.25) is 4.79 Å². The van der Waals surface area contributed by atoms with Crippen LogP contribution in [0.25, 0.3) is 0 Å². The summed E-state index contributed by atoms with van der Waals surface area (Å²) in [7, 11) is 1.67. The maximum Gasteiger partial charge on any atom is 0.265 e. The van der Waals surface area contributed by atoms with E-state index >= 15 is 0 Å². The molecule has 2 rings (SSSR count). The third-order valence-corrected chi connectivity index (χ3v) is 4.61. The highest BCUT2D eigenvalue weighted by Crippen LogP contribution is 2.20. The topological polar surface area (TPSA) is 54.5 Å². The molecule has 1 aliphatic rings. The van der Waals surface area contributed by atoms with Crippen LogP contribution in [0, 0.1) is 13.8 Å². The average Bonchev–Trinajstić information content (AvgIpc) is 3.03. The van der Waals surface area contributed by atoms with Crippen LogP contribution in [-0.2, 0) is 4.74 Å². The fourth-order valence-electron chi connectivity index (χ4n) is 2.53. The van der Waals surface area contributed by atoms with E-state index in [1.54, 1.807) is 7.11 Å². The Morgan fingerprint density at radius 2 is 2.35 bits per heavy atom. The van der Waals surface area contributed by atoms with Gasteiger partial charge in [0.1, 0.15) is 4.88 Å². The molecule has 1 atom stereocenters. The second-order valence-corrected chi connectivity index (χ2v) is 6.39. The molecule has 1 N–H and O–H groups in total. The van der Waals surface area contributed by atoms with Crippen LogP contribution in [-0.4, -0.2) is 55.2 Å². The van der Waals surface area contributed by atoms with E-state index in [4.69, 9.17) is 4.74 Å². The lowest BCUT2D eigenvalue weighted by Gasteiger charge is -2.25. The summed E-state index contributed by atoms with van der Waals surface area (Å²) in [6.07, 6.45) is 2.33. The van der Waals surface area contributed by atoms with Gasteiger partial charge in [-0.25, -0.2) is 4.98 Å². The smallest absolute Gasteiger partial charge is 0.265 e. The SMILES string of the molecule is COCCN(CC1CCCN1)C(=O)c1sc(C)nc1C. The number of nitrogens with zero attached hydrogens (tertiary/aromatic N) is 2. The van der Waals surface area contributed by atoms with Gasteiger partial charge in [0, 0.05) is 26.2 Å². The first-order valence-corrected chi connectivity index (χ1v) is 7.89. The third kappa shape index (κ3) is 3.77. The Morgan fingerprint density at radius 3 is 2.90 bits per heavy atom. The van der Waals surface area contributed by atoms with Crippen molar-refractivity contribution in [3.8, 4) is 0 Å². The summed E-state index contributed by atoms with van der Waals surface area (Å²) in [6.45, 7) is 6.83. The maximum atomic E-state index is 12.7. The Hall–Kier alpha value is -0.980. The molecular weight excluding hydrogens is 274 g/mol. The summed E-state index contributed by atoms with van der Waals surface area (Å²) in [5.41, 5.74) is 0.833. The van der Waals surface area contributed by atoms with Gasteiger partial charge in [-0.05, 0) is 33.2 Å². The Labute approximate surface area is 124 Å². The fourth-order valence-corrected chi connectivity index (χ4v) is 3.42. The normalized spacial score (nSPS) is 18.4. The van der Waals surface area contributed by atoms with Crippen LogP contribution < -0.4 is 5.32 Å². The van der Waals surface area contributed by atoms with Crippen molar-refractivity contribution in [2.75, 3.05) is 33.4 Å². The number of carbonyl (C=O) groups is 1. The molecule has 1 saturated heterocycles. The molecule has 112 valence electrons. The van der Waals surface area contributed by atoms with Gasteiger partial charge in [-0.15, -0.1) is 11.3 Å². The average molecular weight is 297 g/mol. The maximum absolute atomic E-state index is 12.7. The molecule has 0 aliphatic carbocycles. The van der Waals surface area contributed by atoms with E-state index in [1.165, 1.54) is 17.8 Å². The summed E-state index contributed by atoms with van der Waals surface area (Å²) in [5, 5.41) is 4.38. The minimum absolute atomic E-state index is 0.0823. The number of aromatic nitrogens is 1. The van der Waals surface area contributed by atoms with E-state index in [0.29, 0.717) is 19.2 Å². The molecule has 0 aromatic carbocycles. The van der Waals surface area contributed by atoms with Crippen LogP contribution in [0.1, 0.15) is 33.2 Å². The number of amides is 1. The van der Waals surface area contributed by atoms with Gasteiger partial charge in [-0.1, -0.05) is 0 Å². The fraction of sp³-hybridized carbons (Fsp3) is 0.714. The summed E-state index contributed by atoms with van der Waals surface area (Å²) >= 11 is 1.48. The Bertz CT molecular complexity index is 455. The number of hydrogen-bond donors (Lipinski definition) is 1. The molecule has 1 aliphatic heterocycles. The summed E-state index contributed by atoms with van der Waals surface area (Å²) in [6, 6.07) is 0.408. The molecule has 1 aromatic rings. The highest BCUT2D eigenvalue weighted by Gasteiger charge is 2.24. The van der Waals surface area contributed by atoms with Crippen molar-refractivity contribution < 1.29 is 9.53 Å². The molecule has 6 heteroatoms. The van der Waals surface area contributed by atoms with Crippen molar-refractivity contribution in [2.45, 2.75) is 32.7 Å². The predicted octanol–water partition coefficient (Wildman–Crippen LogP) is 1.60. The second kappa shape index (κ2) is 7.15. The van der Waals surface area contributed by atoms with E-state index in [0.717, 1.165) is 35.1 Å². The van der Waals surface area contributed by atoms with E-state index in [-0.39, 0.29) is 5.91 Å². The molecule has 0 radical (unpaired) electrons. The van der Waals surface area contributed by atoms with Crippen LogP contribution in [0.15, 0.2) is 0 Å². The zero-order valence-electron chi connectivity index (χ0n) is 12.4. The number of carbonyl (C=O) groups excluding carboxylic acids is 1. The standard InChI is InChI=1S/C14H23N3O2S/c1-10-13(20-11(2)16-10)14(18)17(7-8-19-3)9-12-5-4-6-15-12/h12,15H,4-9H2,1-3H3. The predicted molar refractivity (Wildman–Crippen MR) is 80.4 cm³/mol. The van der Waals surface area contributed by atoms with Crippen molar-refractivity contribution in [2.24, 2.45) is 0 Å². The van der Waals surface area contributed by atoms with Gasteiger partial charge in [0.2, 0.25) is 0 Å². The molecule has 2 heterocycles. The van der Waals surface area contributed by atoms with Crippen molar-refractivity contribution in [3.63, 3.8) is 0 Å². The van der Waals surface area contributed by atoms with Crippen LogP contribution >= 0.6 is 11.3 Å². The van der Waals surface area contributed by atoms with E-state index in [9.17, 15) is 4.79 Å². The zero-order chi connectivity index (χ0) is 14.5. The van der Waals surface area contributed by atoms with Crippen molar-refractivity contribution >= 4 is 17.2 Å². The highest BCUT2D eigenvalue weighted by atomic mass is 32.1. The van der Waals surface area contributed by atoms with Gasteiger partial charge in [-0.2, -0.15) is 0 Å². The number of rotatable bonds is 6. The van der Waals surface area contributed by atoms with E-state index < -0.39 is 0 Å². The lowest BCUT2D eigenvalue weighted by atomic mass is 10.2. The largest absolute Gasteiger partial charge is 0.383 e. The Kier molecular flexibility index (Phi) is 5.51. The minimum Gasteiger partial charge on any atom is -0.383 e. The van der Waals surface area contributed by atoms with Gasteiger partial charge in [0.15, 0.2) is 0 Å². The molecule has 1 unspecified atom stereocenters. The summed E-state index contributed by atoms with van der Waals surface area (Å²) in [5.74, 6) is 0.0823. The third-order valence-electron chi connectivity index (χ3n) is 3.55. The number of nitrogens with one attached hydrogen (secondary N) is 1. The lowest BCUT2D eigenvalue weighted by molar-refractivity contribution is 0.0683. The first-order chi connectivity index (χ1) is 9.61. The monoisotopic (exact) mass is 297 g/mol. The number of ether oxygens (including phenoxy) is 1. The van der Waals surface area contributed by atoms with Crippen LogP contribution in [0.3, 0.4) is 0 Å². The van der Waals surface area contributed by atoms with E-state index in [2.05, 4.69) is 10.3 Å². The van der Waals surface area contributed by atoms with E-state index in [1.807, 2.05) is 18.7 Å². The van der Waals surface area contributed by atoms with Crippen molar-refractivity contribution in [3.05, 3.63) is 15.6 Å². The molecule has 0 spiro atoms. The van der Waals surface area contributed by atoms with Gasteiger partial charge in [0.25, 0.3) is 5.91 Å². The first kappa shape index (κ1) is 15.4. The molecule has 1 aromatic heterocycles. The summed E-state index contributed by atoms with van der Waals surface area (Å²) in [4.78, 5) is 19.7. The van der Waals surface area contributed by atoms with Crippen LogP contribution in [0.2, 0.25) is 0 Å². The highest BCUT2D eigenvalue weighted by molar-refractivity contribution is 7.13. The Balaban J connectivity index is 2.07. The molecule has 5 nitrogen and oxygen atoms in total. The Morgan fingerprint density at radius 1 is 1.55 bits per heavy atom.